The number of ketones is 1. The normalized spacial score (nSPS) is 16.7. The number of carbonyl (C=O) groups excluding carboxylic acids is 2. The Balaban J connectivity index is 1.78. The summed E-state index contributed by atoms with van der Waals surface area (Å²) in [5.41, 5.74) is 1.62. The van der Waals surface area contributed by atoms with Crippen molar-refractivity contribution in [2.24, 2.45) is 5.92 Å². The van der Waals surface area contributed by atoms with Gasteiger partial charge >= 0.3 is 0 Å². The Morgan fingerprint density at radius 1 is 0.789 bits per heavy atom. The SMILES string of the molecule is CCOc1ccc(C2/C(=C(\O)c3ccc(OCC(C)C)cc3)C(=O)C(=O)N2c2ccc(OCC)cc2)cc1. The molecule has 1 unspecified atom stereocenters. The van der Waals surface area contributed by atoms with Crippen molar-refractivity contribution in [2.75, 3.05) is 24.7 Å². The second kappa shape index (κ2) is 11.9. The maximum Gasteiger partial charge on any atom is 0.300 e. The molecule has 0 bridgehead atoms. The molecule has 0 saturated carbocycles. The summed E-state index contributed by atoms with van der Waals surface area (Å²) in [6.45, 7) is 9.50. The van der Waals surface area contributed by atoms with Crippen LogP contribution in [0.3, 0.4) is 0 Å². The average Bonchev–Trinajstić information content (AvgIpc) is 3.18. The summed E-state index contributed by atoms with van der Waals surface area (Å²) in [4.78, 5) is 28.2. The zero-order chi connectivity index (χ0) is 27.2. The number of amides is 1. The number of hydrogen-bond acceptors (Lipinski definition) is 6. The number of benzene rings is 3. The van der Waals surface area contributed by atoms with E-state index in [1.807, 2.05) is 13.8 Å². The van der Waals surface area contributed by atoms with E-state index in [2.05, 4.69) is 13.8 Å². The number of ether oxygens (including phenoxy) is 3. The van der Waals surface area contributed by atoms with E-state index >= 15 is 0 Å². The maximum atomic E-state index is 13.4. The lowest BCUT2D eigenvalue weighted by Crippen LogP contribution is -2.29. The third kappa shape index (κ3) is 5.67. The Bertz CT molecular complexity index is 1290. The first-order chi connectivity index (χ1) is 18.3. The van der Waals surface area contributed by atoms with Gasteiger partial charge in [-0.05, 0) is 86.0 Å². The molecule has 1 amide bonds. The highest BCUT2D eigenvalue weighted by Gasteiger charge is 2.47. The van der Waals surface area contributed by atoms with Crippen molar-refractivity contribution in [2.45, 2.75) is 33.7 Å². The number of anilines is 1. The number of aliphatic hydroxyl groups is 1. The van der Waals surface area contributed by atoms with Gasteiger partial charge in [-0.15, -0.1) is 0 Å². The Hall–Kier alpha value is -4.26. The molecule has 1 fully saturated rings. The molecule has 7 heteroatoms. The number of carbonyl (C=O) groups is 2. The van der Waals surface area contributed by atoms with E-state index < -0.39 is 17.7 Å². The van der Waals surface area contributed by atoms with Crippen LogP contribution in [0.2, 0.25) is 0 Å². The Labute approximate surface area is 223 Å². The van der Waals surface area contributed by atoms with Crippen LogP contribution in [0.15, 0.2) is 78.4 Å². The van der Waals surface area contributed by atoms with Crippen molar-refractivity contribution < 1.29 is 28.9 Å². The fraction of sp³-hybridized carbons (Fsp3) is 0.290. The largest absolute Gasteiger partial charge is 0.507 e. The van der Waals surface area contributed by atoms with Gasteiger partial charge in [0, 0.05) is 11.3 Å². The van der Waals surface area contributed by atoms with Crippen LogP contribution >= 0.6 is 0 Å². The molecule has 4 rings (SSSR count). The minimum absolute atomic E-state index is 0.0175. The fourth-order valence-electron chi connectivity index (χ4n) is 4.32. The Morgan fingerprint density at radius 2 is 1.29 bits per heavy atom. The van der Waals surface area contributed by atoms with Gasteiger partial charge in [0.2, 0.25) is 0 Å². The molecule has 0 radical (unpaired) electrons. The lowest BCUT2D eigenvalue weighted by atomic mass is 9.95. The van der Waals surface area contributed by atoms with Crippen LogP contribution in [-0.2, 0) is 9.59 Å². The molecule has 7 nitrogen and oxygen atoms in total. The maximum absolute atomic E-state index is 13.4. The van der Waals surface area contributed by atoms with Crippen molar-refractivity contribution in [3.05, 3.63) is 89.5 Å². The van der Waals surface area contributed by atoms with E-state index in [9.17, 15) is 14.7 Å². The Kier molecular flexibility index (Phi) is 8.36. The van der Waals surface area contributed by atoms with Gasteiger partial charge in [0.05, 0.1) is 31.4 Å². The molecule has 3 aromatic carbocycles. The van der Waals surface area contributed by atoms with Crippen LogP contribution in [0, 0.1) is 5.92 Å². The molecule has 0 aliphatic carbocycles. The molecule has 38 heavy (non-hydrogen) atoms. The summed E-state index contributed by atoms with van der Waals surface area (Å²) in [7, 11) is 0. The van der Waals surface area contributed by atoms with Gasteiger partial charge in [-0.25, -0.2) is 0 Å². The van der Waals surface area contributed by atoms with Gasteiger partial charge < -0.3 is 19.3 Å². The monoisotopic (exact) mass is 515 g/mol. The van der Waals surface area contributed by atoms with E-state index in [0.717, 1.165) is 0 Å². The van der Waals surface area contributed by atoms with Gasteiger partial charge in [0.25, 0.3) is 11.7 Å². The van der Waals surface area contributed by atoms with Crippen LogP contribution in [0.4, 0.5) is 5.69 Å². The van der Waals surface area contributed by atoms with Crippen LogP contribution in [0.5, 0.6) is 17.2 Å². The van der Waals surface area contributed by atoms with Gasteiger partial charge in [0.15, 0.2) is 0 Å². The van der Waals surface area contributed by atoms with Gasteiger partial charge in [-0.3, -0.25) is 14.5 Å². The zero-order valence-electron chi connectivity index (χ0n) is 22.1. The molecule has 0 spiro atoms. The predicted octanol–water partition coefficient (Wildman–Crippen LogP) is 6.15. The van der Waals surface area contributed by atoms with E-state index in [4.69, 9.17) is 14.2 Å². The van der Waals surface area contributed by atoms with Crippen molar-refractivity contribution >= 4 is 23.1 Å². The van der Waals surface area contributed by atoms with Gasteiger partial charge in [-0.2, -0.15) is 0 Å². The number of hydrogen-bond donors (Lipinski definition) is 1. The lowest BCUT2D eigenvalue weighted by molar-refractivity contribution is -0.132. The lowest BCUT2D eigenvalue weighted by Gasteiger charge is -2.25. The van der Waals surface area contributed by atoms with Crippen molar-refractivity contribution in [3.63, 3.8) is 0 Å². The highest BCUT2D eigenvalue weighted by Crippen LogP contribution is 2.43. The highest BCUT2D eigenvalue weighted by molar-refractivity contribution is 6.51. The van der Waals surface area contributed by atoms with Crippen LogP contribution < -0.4 is 19.1 Å². The standard InChI is InChI=1S/C31H33NO6/c1-5-36-24-13-7-21(8-14-24)28-27(29(33)22-9-15-26(16-10-22)38-19-20(3)4)30(34)31(35)32(28)23-11-17-25(18-12-23)37-6-2/h7-18,20,28,33H,5-6,19H2,1-4H3/b29-27+. The summed E-state index contributed by atoms with van der Waals surface area (Å²) in [6.07, 6.45) is 0. The Morgan fingerprint density at radius 3 is 1.82 bits per heavy atom. The van der Waals surface area contributed by atoms with E-state index in [1.54, 1.807) is 72.8 Å². The molecular formula is C31H33NO6. The van der Waals surface area contributed by atoms with Gasteiger partial charge in [0.1, 0.15) is 23.0 Å². The molecule has 198 valence electrons. The van der Waals surface area contributed by atoms with Gasteiger partial charge in [-0.1, -0.05) is 26.0 Å². The van der Waals surface area contributed by atoms with E-state index in [-0.39, 0.29) is 11.3 Å². The quantitative estimate of drug-likeness (QED) is 0.198. The minimum atomic E-state index is -0.833. The molecule has 1 N–H and O–H groups in total. The van der Waals surface area contributed by atoms with E-state index in [0.29, 0.717) is 59.8 Å². The fourth-order valence-corrected chi connectivity index (χ4v) is 4.32. The van der Waals surface area contributed by atoms with Crippen molar-refractivity contribution in [1.29, 1.82) is 0 Å². The number of rotatable bonds is 10. The first kappa shape index (κ1) is 26.8. The molecule has 0 aromatic heterocycles. The summed E-state index contributed by atoms with van der Waals surface area (Å²) < 4.78 is 16.8. The summed E-state index contributed by atoms with van der Waals surface area (Å²) in [5.74, 6) is 0.647. The summed E-state index contributed by atoms with van der Waals surface area (Å²) in [6, 6.07) is 20.2. The summed E-state index contributed by atoms with van der Waals surface area (Å²) in [5, 5.41) is 11.4. The second-order valence-electron chi connectivity index (χ2n) is 9.33. The third-order valence-corrected chi connectivity index (χ3v) is 6.09. The molecule has 1 saturated heterocycles. The minimum Gasteiger partial charge on any atom is -0.507 e. The van der Waals surface area contributed by atoms with Crippen LogP contribution in [0.1, 0.15) is 44.9 Å². The second-order valence-corrected chi connectivity index (χ2v) is 9.33. The molecule has 1 aliphatic heterocycles. The van der Waals surface area contributed by atoms with E-state index in [1.165, 1.54) is 4.90 Å². The topological polar surface area (TPSA) is 85.3 Å². The molecule has 1 heterocycles. The highest BCUT2D eigenvalue weighted by atomic mass is 16.5. The molecule has 1 atom stereocenters. The first-order valence-electron chi connectivity index (χ1n) is 12.8. The summed E-state index contributed by atoms with van der Waals surface area (Å²) >= 11 is 0. The van der Waals surface area contributed by atoms with Crippen LogP contribution in [0.25, 0.3) is 5.76 Å². The number of aliphatic hydroxyl groups excluding tert-OH is 1. The number of Topliss-reactive ketones (excluding diaryl/α,β-unsaturated/α-hetero) is 1. The first-order valence-corrected chi connectivity index (χ1v) is 12.8. The molecule has 3 aromatic rings. The predicted molar refractivity (Wildman–Crippen MR) is 147 cm³/mol. The number of nitrogens with zero attached hydrogens (tertiary/aromatic N) is 1. The molecule has 1 aliphatic rings. The van der Waals surface area contributed by atoms with Crippen LogP contribution in [-0.4, -0.2) is 36.6 Å². The average molecular weight is 516 g/mol. The zero-order valence-corrected chi connectivity index (χ0v) is 22.1. The molecular weight excluding hydrogens is 482 g/mol. The smallest absolute Gasteiger partial charge is 0.300 e. The third-order valence-electron chi connectivity index (χ3n) is 6.09. The van der Waals surface area contributed by atoms with Crippen molar-refractivity contribution in [3.8, 4) is 17.2 Å². The van der Waals surface area contributed by atoms with Crippen molar-refractivity contribution in [1.82, 2.24) is 0 Å².